The van der Waals surface area contributed by atoms with E-state index >= 15 is 0 Å². The minimum atomic E-state index is -0.0731. The summed E-state index contributed by atoms with van der Waals surface area (Å²) < 4.78 is 7.57. The van der Waals surface area contributed by atoms with Crippen LogP contribution >= 0.6 is 11.6 Å². The molecule has 0 saturated carbocycles. The van der Waals surface area contributed by atoms with Crippen LogP contribution in [-0.4, -0.2) is 9.78 Å². The van der Waals surface area contributed by atoms with Crippen LogP contribution in [0, 0.1) is 13.8 Å². The Morgan fingerprint density at radius 1 is 1.40 bits per heavy atom. The van der Waals surface area contributed by atoms with Gasteiger partial charge in [0.25, 0.3) is 0 Å². The van der Waals surface area contributed by atoms with Crippen LogP contribution in [0.25, 0.3) is 0 Å². The van der Waals surface area contributed by atoms with Gasteiger partial charge in [-0.2, -0.15) is 5.10 Å². The summed E-state index contributed by atoms with van der Waals surface area (Å²) in [6.45, 7) is 6.29. The van der Waals surface area contributed by atoms with E-state index in [1.54, 1.807) is 4.68 Å². The molecule has 2 aromatic rings. The first-order valence-corrected chi connectivity index (χ1v) is 6.95. The molecule has 2 N–H and O–H groups in total. The maximum atomic E-state index is 6.21. The number of hydrogen-bond donors (Lipinski definition) is 1. The van der Waals surface area contributed by atoms with E-state index in [9.17, 15) is 0 Å². The van der Waals surface area contributed by atoms with Gasteiger partial charge in [0, 0.05) is 24.2 Å². The van der Waals surface area contributed by atoms with E-state index in [1.165, 1.54) is 0 Å². The molecule has 1 atom stereocenters. The molecule has 0 aliphatic heterocycles. The van der Waals surface area contributed by atoms with Gasteiger partial charge in [0.15, 0.2) is 0 Å². The molecular weight excluding hydrogens is 274 g/mol. The van der Waals surface area contributed by atoms with Crippen molar-refractivity contribution in [1.29, 1.82) is 0 Å². The SMILES string of the molecule is Cc1ccc([C@@H](C)N)c(OCc2c(C)nn(C)c2Cl)c1. The van der Waals surface area contributed by atoms with Crippen LogP contribution in [0.2, 0.25) is 5.15 Å². The molecule has 20 heavy (non-hydrogen) atoms. The summed E-state index contributed by atoms with van der Waals surface area (Å²) in [6, 6.07) is 5.97. The standard InChI is InChI=1S/C15H20ClN3O/c1-9-5-6-12(10(2)17)14(7-9)20-8-13-11(3)18-19(4)15(13)16/h5-7,10H,8,17H2,1-4H3/t10-/m1/s1. The minimum Gasteiger partial charge on any atom is -0.488 e. The Balaban J connectivity index is 2.24. The number of nitrogens with zero attached hydrogens (tertiary/aromatic N) is 2. The molecule has 0 saturated heterocycles. The van der Waals surface area contributed by atoms with Crippen LogP contribution in [0.1, 0.15) is 35.3 Å². The van der Waals surface area contributed by atoms with E-state index in [-0.39, 0.29) is 6.04 Å². The van der Waals surface area contributed by atoms with Gasteiger partial charge in [-0.1, -0.05) is 23.7 Å². The highest BCUT2D eigenvalue weighted by Crippen LogP contribution is 2.27. The van der Waals surface area contributed by atoms with Gasteiger partial charge in [-0.25, -0.2) is 0 Å². The molecule has 1 aromatic heterocycles. The number of aromatic nitrogens is 2. The average Bonchev–Trinajstić information content (AvgIpc) is 2.61. The quantitative estimate of drug-likeness (QED) is 0.941. The van der Waals surface area contributed by atoms with Crippen molar-refractivity contribution in [3.8, 4) is 5.75 Å². The van der Waals surface area contributed by atoms with E-state index in [1.807, 2.05) is 46.0 Å². The summed E-state index contributed by atoms with van der Waals surface area (Å²) in [5.74, 6) is 0.805. The van der Waals surface area contributed by atoms with Crippen LogP contribution < -0.4 is 10.5 Å². The van der Waals surface area contributed by atoms with Crippen LogP contribution in [0.5, 0.6) is 5.75 Å². The number of benzene rings is 1. The highest BCUT2D eigenvalue weighted by Gasteiger charge is 2.14. The molecule has 0 fully saturated rings. The molecule has 0 bridgehead atoms. The zero-order valence-corrected chi connectivity index (χ0v) is 13.0. The van der Waals surface area contributed by atoms with Crippen molar-refractivity contribution >= 4 is 11.6 Å². The summed E-state index contributed by atoms with van der Waals surface area (Å²) in [4.78, 5) is 0. The van der Waals surface area contributed by atoms with Crippen molar-refractivity contribution in [2.75, 3.05) is 0 Å². The second-order valence-electron chi connectivity index (χ2n) is 5.10. The normalized spacial score (nSPS) is 12.5. The lowest BCUT2D eigenvalue weighted by Gasteiger charge is -2.14. The Morgan fingerprint density at radius 2 is 2.10 bits per heavy atom. The smallest absolute Gasteiger partial charge is 0.133 e. The third kappa shape index (κ3) is 2.97. The number of nitrogens with two attached hydrogens (primary N) is 1. The van der Waals surface area contributed by atoms with E-state index in [4.69, 9.17) is 22.1 Å². The van der Waals surface area contributed by atoms with Crippen molar-refractivity contribution in [2.45, 2.75) is 33.4 Å². The first kappa shape index (κ1) is 14.9. The van der Waals surface area contributed by atoms with Crippen molar-refractivity contribution in [3.05, 3.63) is 45.7 Å². The molecule has 1 aromatic carbocycles. The number of rotatable bonds is 4. The Labute approximate surface area is 124 Å². The fourth-order valence-corrected chi connectivity index (χ4v) is 2.36. The number of aryl methyl sites for hydroxylation is 3. The Kier molecular flexibility index (Phi) is 4.35. The maximum absolute atomic E-state index is 6.21. The van der Waals surface area contributed by atoms with Crippen molar-refractivity contribution in [3.63, 3.8) is 0 Å². The van der Waals surface area contributed by atoms with Crippen LogP contribution in [0.3, 0.4) is 0 Å². The van der Waals surface area contributed by atoms with Gasteiger partial charge in [-0.3, -0.25) is 4.68 Å². The molecule has 2 rings (SSSR count). The lowest BCUT2D eigenvalue weighted by Crippen LogP contribution is -2.08. The Morgan fingerprint density at radius 3 is 2.65 bits per heavy atom. The van der Waals surface area contributed by atoms with Gasteiger partial charge in [-0.15, -0.1) is 0 Å². The van der Waals surface area contributed by atoms with E-state index in [0.29, 0.717) is 11.8 Å². The third-order valence-electron chi connectivity index (χ3n) is 3.30. The van der Waals surface area contributed by atoms with Crippen LogP contribution in [0.15, 0.2) is 18.2 Å². The van der Waals surface area contributed by atoms with Gasteiger partial charge < -0.3 is 10.5 Å². The first-order valence-electron chi connectivity index (χ1n) is 6.57. The van der Waals surface area contributed by atoms with Crippen LogP contribution in [-0.2, 0) is 13.7 Å². The summed E-state index contributed by atoms with van der Waals surface area (Å²) in [5, 5.41) is 4.89. The minimum absolute atomic E-state index is 0.0731. The highest BCUT2D eigenvalue weighted by molar-refractivity contribution is 6.30. The summed E-state index contributed by atoms with van der Waals surface area (Å²) in [6.07, 6.45) is 0. The lowest BCUT2D eigenvalue weighted by molar-refractivity contribution is 0.300. The van der Waals surface area contributed by atoms with Crippen LogP contribution in [0.4, 0.5) is 0 Å². The second-order valence-corrected chi connectivity index (χ2v) is 5.46. The number of ether oxygens (including phenoxy) is 1. The summed E-state index contributed by atoms with van der Waals surface area (Å²) in [7, 11) is 1.82. The molecule has 0 unspecified atom stereocenters. The van der Waals surface area contributed by atoms with Gasteiger partial charge >= 0.3 is 0 Å². The van der Waals surface area contributed by atoms with Crippen molar-refractivity contribution < 1.29 is 4.74 Å². The predicted octanol–water partition coefficient (Wildman–Crippen LogP) is 3.29. The molecule has 0 amide bonds. The average molecular weight is 294 g/mol. The van der Waals surface area contributed by atoms with E-state index < -0.39 is 0 Å². The van der Waals surface area contributed by atoms with E-state index in [0.717, 1.165) is 28.1 Å². The fourth-order valence-electron chi connectivity index (χ4n) is 2.13. The number of hydrogen-bond acceptors (Lipinski definition) is 3. The second kappa shape index (κ2) is 5.85. The molecule has 0 aliphatic rings. The largest absolute Gasteiger partial charge is 0.488 e. The molecule has 5 heteroatoms. The van der Waals surface area contributed by atoms with Gasteiger partial charge in [0.05, 0.1) is 5.69 Å². The zero-order valence-electron chi connectivity index (χ0n) is 12.3. The molecule has 4 nitrogen and oxygen atoms in total. The molecule has 0 radical (unpaired) electrons. The predicted molar refractivity (Wildman–Crippen MR) is 81.1 cm³/mol. The Bertz CT molecular complexity index is 620. The fraction of sp³-hybridized carbons (Fsp3) is 0.400. The molecule has 1 heterocycles. The number of halogens is 1. The van der Waals surface area contributed by atoms with Gasteiger partial charge in [-0.05, 0) is 32.4 Å². The monoisotopic (exact) mass is 293 g/mol. The molecule has 108 valence electrons. The highest BCUT2D eigenvalue weighted by atomic mass is 35.5. The first-order chi connectivity index (χ1) is 9.40. The molecule has 0 spiro atoms. The zero-order chi connectivity index (χ0) is 14.9. The Hall–Kier alpha value is -1.52. The van der Waals surface area contributed by atoms with Gasteiger partial charge in [0.1, 0.15) is 17.5 Å². The molecule has 0 aliphatic carbocycles. The topological polar surface area (TPSA) is 53.1 Å². The van der Waals surface area contributed by atoms with Crippen molar-refractivity contribution in [2.24, 2.45) is 12.8 Å². The lowest BCUT2D eigenvalue weighted by atomic mass is 10.1. The summed E-state index contributed by atoms with van der Waals surface area (Å²) in [5.41, 5.74) is 9.90. The van der Waals surface area contributed by atoms with E-state index in [2.05, 4.69) is 5.10 Å². The maximum Gasteiger partial charge on any atom is 0.133 e. The van der Waals surface area contributed by atoms with Crippen molar-refractivity contribution in [1.82, 2.24) is 9.78 Å². The third-order valence-corrected chi connectivity index (χ3v) is 3.77. The molecular formula is C15H20ClN3O. The van der Waals surface area contributed by atoms with Gasteiger partial charge in [0.2, 0.25) is 0 Å². The summed E-state index contributed by atoms with van der Waals surface area (Å²) >= 11 is 6.21.